The van der Waals surface area contributed by atoms with Gasteiger partial charge in [0, 0.05) is 16.8 Å². The molecule has 0 saturated heterocycles. The molecule has 2 N–H and O–H groups in total. The van der Waals surface area contributed by atoms with Crippen molar-refractivity contribution in [2.24, 2.45) is 11.7 Å². The summed E-state index contributed by atoms with van der Waals surface area (Å²) in [6.07, 6.45) is 1.27. The molecule has 0 radical (unpaired) electrons. The van der Waals surface area contributed by atoms with E-state index < -0.39 is 0 Å². The molecule has 0 aliphatic heterocycles. The molecule has 0 spiro atoms. The summed E-state index contributed by atoms with van der Waals surface area (Å²) in [5.41, 5.74) is 6.48. The minimum Gasteiger partial charge on any atom is -0.330 e. The van der Waals surface area contributed by atoms with E-state index in [1.807, 2.05) is 31.2 Å². The molecule has 1 atom stereocenters. The van der Waals surface area contributed by atoms with Gasteiger partial charge in [-0.05, 0) is 30.7 Å². The number of benzene rings is 1. The van der Waals surface area contributed by atoms with Gasteiger partial charge in [0.25, 0.3) is 0 Å². The second kappa shape index (κ2) is 6.03. The van der Waals surface area contributed by atoms with Crippen LogP contribution in [-0.4, -0.2) is 12.3 Å². The fourth-order valence-electron chi connectivity index (χ4n) is 1.43. The molecule has 0 bridgehead atoms. The molecular formula is C12H16BrNO. The number of rotatable bonds is 5. The molecule has 0 fully saturated rings. The van der Waals surface area contributed by atoms with E-state index in [1.165, 1.54) is 0 Å². The van der Waals surface area contributed by atoms with Gasteiger partial charge in [-0.1, -0.05) is 35.0 Å². The Hall–Kier alpha value is -0.670. The Labute approximate surface area is 99.0 Å². The van der Waals surface area contributed by atoms with Crippen molar-refractivity contribution in [2.75, 3.05) is 6.54 Å². The van der Waals surface area contributed by atoms with E-state index in [0.29, 0.717) is 13.0 Å². The van der Waals surface area contributed by atoms with Crippen molar-refractivity contribution in [3.05, 3.63) is 34.3 Å². The molecular weight excluding hydrogens is 254 g/mol. The Morgan fingerprint density at radius 3 is 2.87 bits per heavy atom. The van der Waals surface area contributed by atoms with Gasteiger partial charge in [-0.25, -0.2) is 0 Å². The summed E-state index contributed by atoms with van der Waals surface area (Å²) < 4.78 is 1.01. The van der Waals surface area contributed by atoms with Crippen LogP contribution < -0.4 is 5.73 Å². The monoisotopic (exact) mass is 269 g/mol. The van der Waals surface area contributed by atoms with Gasteiger partial charge in [-0.2, -0.15) is 0 Å². The molecule has 82 valence electrons. The van der Waals surface area contributed by atoms with Crippen LogP contribution in [0.1, 0.15) is 18.9 Å². The molecule has 15 heavy (non-hydrogen) atoms. The van der Waals surface area contributed by atoms with Crippen LogP contribution in [0.4, 0.5) is 0 Å². The molecule has 1 unspecified atom stereocenters. The lowest BCUT2D eigenvalue weighted by Crippen LogP contribution is -2.17. The molecule has 0 saturated carbocycles. The number of nitrogens with two attached hydrogens (primary N) is 1. The van der Waals surface area contributed by atoms with Crippen molar-refractivity contribution < 1.29 is 4.79 Å². The highest BCUT2D eigenvalue weighted by Gasteiger charge is 2.12. The first-order valence-corrected chi connectivity index (χ1v) is 5.90. The highest BCUT2D eigenvalue weighted by Crippen LogP contribution is 2.14. The van der Waals surface area contributed by atoms with Crippen LogP contribution in [0.25, 0.3) is 0 Å². The van der Waals surface area contributed by atoms with Gasteiger partial charge in [0.2, 0.25) is 0 Å². The second-order valence-electron chi connectivity index (χ2n) is 3.75. The lowest BCUT2D eigenvalue weighted by molar-refractivity contribution is -0.121. The summed E-state index contributed by atoms with van der Waals surface area (Å²) in [6, 6.07) is 7.85. The van der Waals surface area contributed by atoms with Crippen LogP contribution in [-0.2, 0) is 11.2 Å². The first-order valence-electron chi connectivity index (χ1n) is 5.10. The number of carbonyl (C=O) groups excluding carboxylic acids is 1. The zero-order valence-corrected chi connectivity index (χ0v) is 10.5. The smallest absolute Gasteiger partial charge is 0.140 e. The van der Waals surface area contributed by atoms with E-state index in [1.54, 1.807) is 0 Å². The van der Waals surface area contributed by atoms with Crippen LogP contribution in [0.15, 0.2) is 28.7 Å². The lowest BCUT2D eigenvalue weighted by Gasteiger charge is -2.08. The Balaban J connectivity index is 2.58. The number of carbonyl (C=O) groups is 1. The van der Waals surface area contributed by atoms with Gasteiger partial charge in [0.1, 0.15) is 5.78 Å². The largest absolute Gasteiger partial charge is 0.330 e. The standard InChI is InChI=1S/C12H16BrNO/c1-9(5-6-14)12(15)8-10-3-2-4-11(13)7-10/h2-4,7,9H,5-6,8,14H2,1H3. The Kier molecular flexibility index (Phi) is 4.99. The molecule has 2 nitrogen and oxygen atoms in total. The molecule has 3 heteroatoms. The summed E-state index contributed by atoms with van der Waals surface area (Å²) >= 11 is 3.39. The predicted molar refractivity (Wildman–Crippen MR) is 65.7 cm³/mol. The van der Waals surface area contributed by atoms with Gasteiger partial charge in [-0.3, -0.25) is 4.79 Å². The van der Waals surface area contributed by atoms with Crippen LogP contribution in [0.2, 0.25) is 0 Å². The predicted octanol–water partition coefficient (Wildman–Crippen LogP) is 2.55. The van der Waals surface area contributed by atoms with Gasteiger partial charge < -0.3 is 5.73 Å². The Morgan fingerprint density at radius 2 is 2.27 bits per heavy atom. The first kappa shape index (κ1) is 12.4. The van der Waals surface area contributed by atoms with Gasteiger partial charge in [0.05, 0.1) is 0 Å². The van der Waals surface area contributed by atoms with Gasteiger partial charge in [0.15, 0.2) is 0 Å². The van der Waals surface area contributed by atoms with Crippen LogP contribution >= 0.6 is 15.9 Å². The van der Waals surface area contributed by atoms with E-state index in [2.05, 4.69) is 15.9 Å². The SMILES string of the molecule is CC(CCN)C(=O)Cc1cccc(Br)c1. The number of ketones is 1. The molecule has 0 aliphatic rings. The minimum atomic E-state index is 0.0639. The fraction of sp³-hybridized carbons (Fsp3) is 0.417. The molecule has 1 aromatic rings. The maximum absolute atomic E-state index is 11.7. The zero-order chi connectivity index (χ0) is 11.3. The third-order valence-electron chi connectivity index (χ3n) is 2.42. The van der Waals surface area contributed by atoms with Crippen molar-refractivity contribution in [1.82, 2.24) is 0 Å². The summed E-state index contributed by atoms with van der Waals surface area (Å²) in [6.45, 7) is 2.51. The van der Waals surface area contributed by atoms with Gasteiger partial charge >= 0.3 is 0 Å². The lowest BCUT2D eigenvalue weighted by atomic mass is 9.97. The fourth-order valence-corrected chi connectivity index (χ4v) is 1.88. The molecule has 0 amide bonds. The average molecular weight is 270 g/mol. The zero-order valence-electron chi connectivity index (χ0n) is 8.87. The van der Waals surface area contributed by atoms with E-state index in [9.17, 15) is 4.79 Å². The van der Waals surface area contributed by atoms with Crippen LogP contribution in [0.5, 0.6) is 0 Å². The van der Waals surface area contributed by atoms with Crippen molar-refractivity contribution in [1.29, 1.82) is 0 Å². The maximum Gasteiger partial charge on any atom is 0.140 e. The van der Waals surface area contributed by atoms with E-state index in [0.717, 1.165) is 16.5 Å². The Morgan fingerprint density at radius 1 is 1.53 bits per heavy atom. The quantitative estimate of drug-likeness (QED) is 0.893. The third-order valence-corrected chi connectivity index (χ3v) is 2.91. The summed E-state index contributed by atoms with van der Waals surface area (Å²) in [7, 11) is 0. The summed E-state index contributed by atoms with van der Waals surface area (Å²) in [5, 5.41) is 0. The van der Waals surface area contributed by atoms with Gasteiger partial charge in [-0.15, -0.1) is 0 Å². The Bertz CT molecular complexity index is 338. The number of halogens is 1. The molecule has 1 rings (SSSR count). The van der Waals surface area contributed by atoms with E-state index >= 15 is 0 Å². The second-order valence-corrected chi connectivity index (χ2v) is 4.67. The number of hydrogen-bond acceptors (Lipinski definition) is 2. The number of Topliss-reactive ketones (excluding diaryl/α,β-unsaturated/α-hetero) is 1. The molecule has 0 aliphatic carbocycles. The highest BCUT2D eigenvalue weighted by atomic mass is 79.9. The van der Waals surface area contributed by atoms with E-state index in [4.69, 9.17) is 5.73 Å². The number of hydrogen-bond donors (Lipinski definition) is 1. The summed E-state index contributed by atoms with van der Waals surface area (Å²) in [4.78, 5) is 11.7. The topological polar surface area (TPSA) is 43.1 Å². The maximum atomic E-state index is 11.7. The molecule has 0 aromatic heterocycles. The van der Waals surface area contributed by atoms with Crippen molar-refractivity contribution in [3.63, 3.8) is 0 Å². The normalized spacial score (nSPS) is 12.5. The average Bonchev–Trinajstić information content (AvgIpc) is 2.18. The van der Waals surface area contributed by atoms with Crippen LogP contribution in [0, 0.1) is 5.92 Å². The molecule has 0 heterocycles. The van der Waals surface area contributed by atoms with E-state index in [-0.39, 0.29) is 11.7 Å². The molecule has 1 aromatic carbocycles. The van der Waals surface area contributed by atoms with Crippen LogP contribution in [0.3, 0.4) is 0 Å². The van der Waals surface area contributed by atoms with Crippen molar-refractivity contribution >= 4 is 21.7 Å². The van der Waals surface area contributed by atoms with Crippen molar-refractivity contribution in [2.45, 2.75) is 19.8 Å². The summed E-state index contributed by atoms with van der Waals surface area (Å²) in [5.74, 6) is 0.326. The minimum absolute atomic E-state index is 0.0639. The highest BCUT2D eigenvalue weighted by molar-refractivity contribution is 9.10. The first-order chi connectivity index (χ1) is 7.13. The van der Waals surface area contributed by atoms with Crippen molar-refractivity contribution in [3.8, 4) is 0 Å². The third kappa shape index (κ3) is 4.14.